The van der Waals surface area contributed by atoms with E-state index in [1.165, 1.54) is 0 Å². The second-order valence-corrected chi connectivity index (χ2v) is 8.10. The number of hydrogen-bond acceptors (Lipinski definition) is 5. The van der Waals surface area contributed by atoms with Gasteiger partial charge in [0.2, 0.25) is 5.91 Å². The van der Waals surface area contributed by atoms with Crippen LogP contribution in [-0.4, -0.2) is 46.0 Å². The summed E-state index contributed by atoms with van der Waals surface area (Å²) in [5.74, 6) is 1.22. The number of piperidine rings is 1. The van der Waals surface area contributed by atoms with E-state index >= 15 is 0 Å². The first-order chi connectivity index (χ1) is 14.7. The molecule has 1 aliphatic heterocycles. The number of para-hydroxylation sites is 1. The van der Waals surface area contributed by atoms with Gasteiger partial charge in [-0.2, -0.15) is 0 Å². The lowest BCUT2D eigenvalue weighted by Gasteiger charge is -2.35. The van der Waals surface area contributed by atoms with Crippen LogP contribution in [0.15, 0.2) is 48.9 Å². The Hall–Kier alpha value is -3.09. The van der Waals surface area contributed by atoms with Crippen LogP contribution in [0, 0.1) is 5.92 Å². The molecule has 0 spiro atoms. The fraction of sp³-hybridized carbons (Fsp3) is 0.435. The fourth-order valence-corrected chi connectivity index (χ4v) is 4.10. The summed E-state index contributed by atoms with van der Waals surface area (Å²) in [6, 6.07) is 11.8. The molecule has 7 nitrogen and oxygen atoms in total. The Morgan fingerprint density at radius 1 is 1.27 bits per heavy atom. The van der Waals surface area contributed by atoms with Crippen LogP contribution in [0.1, 0.15) is 33.1 Å². The molecule has 2 aromatic heterocycles. The van der Waals surface area contributed by atoms with Gasteiger partial charge in [0.05, 0.1) is 5.39 Å². The Morgan fingerprint density at radius 3 is 2.90 bits per heavy atom. The van der Waals surface area contributed by atoms with Gasteiger partial charge in [-0.25, -0.2) is 9.97 Å². The van der Waals surface area contributed by atoms with Gasteiger partial charge in [-0.3, -0.25) is 4.79 Å². The summed E-state index contributed by atoms with van der Waals surface area (Å²) < 4.78 is 0. The topological polar surface area (TPSA) is 85.9 Å². The highest BCUT2D eigenvalue weighted by molar-refractivity contribution is 5.88. The van der Waals surface area contributed by atoms with Crippen molar-refractivity contribution in [2.75, 3.05) is 23.3 Å². The van der Waals surface area contributed by atoms with Crippen molar-refractivity contribution in [1.29, 1.82) is 0 Å². The standard InChI is InChI=1S/C23H30N6O/c1-3-16(2)20(27-17-8-5-4-6-9-17)23(30)28-18-10-7-13-29(14-18)22-19-11-12-24-21(19)25-15-26-22/h4-6,8-9,11-12,15-16,18,20,27H,3,7,10,13-14H2,1-2H3,(H,28,30)(H,24,25,26)/t16-,18+,20+/m0/s1. The summed E-state index contributed by atoms with van der Waals surface area (Å²) in [4.78, 5) is 27.4. The third-order valence-corrected chi connectivity index (χ3v) is 5.99. The van der Waals surface area contributed by atoms with Crippen LogP contribution in [0.5, 0.6) is 0 Å². The number of fused-ring (bicyclic) bond motifs is 1. The summed E-state index contributed by atoms with van der Waals surface area (Å²) in [7, 11) is 0. The minimum Gasteiger partial charge on any atom is -0.373 e. The highest BCUT2D eigenvalue weighted by Gasteiger charge is 2.29. The third-order valence-electron chi connectivity index (χ3n) is 5.99. The number of aromatic amines is 1. The van der Waals surface area contributed by atoms with Crippen molar-refractivity contribution < 1.29 is 4.79 Å². The summed E-state index contributed by atoms with van der Waals surface area (Å²) in [5, 5.41) is 7.76. The van der Waals surface area contributed by atoms with E-state index in [-0.39, 0.29) is 23.9 Å². The van der Waals surface area contributed by atoms with Crippen molar-refractivity contribution in [3.63, 3.8) is 0 Å². The average molecular weight is 407 g/mol. The van der Waals surface area contributed by atoms with Crippen LogP contribution in [0.4, 0.5) is 11.5 Å². The summed E-state index contributed by atoms with van der Waals surface area (Å²) >= 11 is 0. The lowest BCUT2D eigenvalue weighted by atomic mass is 9.96. The quantitative estimate of drug-likeness (QED) is 0.558. The number of carbonyl (C=O) groups is 1. The van der Waals surface area contributed by atoms with E-state index in [1.807, 2.05) is 42.6 Å². The molecule has 0 unspecified atom stereocenters. The monoisotopic (exact) mass is 406 g/mol. The summed E-state index contributed by atoms with van der Waals surface area (Å²) in [6.07, 6.45) is 6.40. The smallest absolute Gasteiger partial charge is 0.243 e. The fourth-order valence-electron chi connectivity index (χ4n) is 4.10. The third kappa shape index (κ3) is 4.40. The predicted molar refractivity (Wildman–Crippen MR) is 121 cm³/mol. The molecule has 3 N–H and O–H groups in total. The predicted octanol–water partition coefficient (Wildman–Crippen LogP) is 3.57. The van der Waals surface area contributed by atoms with Gasteiger partial charge in [0.25, 0.3) is 0 Å². The molecular weight excluding hydrogens is 376 g/mol. The molecule has 3 heterocycles. The second-order valence-electron chi connectivity index (χ2n) is 8.10. The molecule has 1 fully saturated rings. The van der Waals surface area contributed by atoms with Crippen molar-refractivity contribution in [1.82, 2.24) is 20.3 Å². The van der Waals surface area contributed by atoms with E-state index < -0.39 is 0 Å². The maximum Gasteiger partial charge on any atom is 0.243 e. The molecule has 1 amide bonds. The van der Waals surface area contributed by atoms with Crippen molar-refractivity contribution in [3.8, 4) is 0 Å². The number of benzene rings is 1. The lowest BCUT2D eigenvalue weighted by molar-refractivity contribution is -0.123. The molecule has 4 rings (SSSR count). The number of nitrogens with one attached hydrogen (secondary N) is 3. The van der Waals surface area contributed by atoms with Gasteiger partial charge in [-0.1, -0.05) is 38.5 Å². The first-order valence-electron chi connectivity index (χ1n) is 10.8. The highest BCUT2D eigenvalue weighted by atomic mass is 16.2. The van der Waals surface area contributed by atoms with Crippen molar-refractivity contribution >= 4 is 28.4 Å². The maximum absolute atomic E-state index is 13.2. The Bertz CT molecular complexity index is 972. The zero-order valence-electron chi connectivity index (χ0n) is 17.6. The molecule has 30 heavy (non-hydrogen) atoms. The molecule has 0 bridgehead atoms. The number of aromatic nitrogens is 3. The van der Waals surface area contributed by atoms with Gasteiger partial charge in [0, 0.05) is 31.0 Å². The number of amides is 1. The molecule has 1 aliphatic rings. The van der Waals surface area contributed by atoms with E-state index in [0.29, 0.717) is 0 Å². The van der Waals surface area contributed by atoms with E-state index in [0.717, 1.165) is 54.9 Å². The molecule has 0 saturated carbocycles. The first kappa shape index (κ1) is 20.2. The number of rotatable bonds is 7. The molecule has 0 aliphatic carbocycles. The van der Waals surface area contributed by atoms with Crippen LogP contribution in [0.3, 0.4) is 0 Å². The number of carbonyl (C=O) groups excluding carboxylic acids is 1. The van der Waals surface area contributed by atoms with Crippen molar-refractivity contribution in [2.45, 2.75) is 45.2 Å². The first-order valence-corrected chi connectivity index (χ1v) is 10.8. The lowest BCUT2D eigenvalue weighted by Crippen LogP contribution is -2.53. The van der Waals surface area contributed by atoms with Crippen LogP contribution >= 0.6 is 0 Å². The van der Waals surface area contributed by atoms with E-state index in [1.54, 1.807) is 6.33 Å². The molecule has 3 aromatic rings. The number of anilines is 2. The Labute approximate surface area is 177 Å². The maximum atomic E-state index is 13.2. The zero-order valence-corrected chi connectivity index (χ0v) is 17.6. The van der Waals surface area contributed by atoms with E-state index in [9.17, 15) is 4.79 Å². The van der Waals surface area contributed by atoms with Gasteiger partial charge in [-0.15, -0.1) is 0 Å². The molecule has 0 radical (unpaired) electrons. The van der Waals surface area contributed by atoms with Gasteiger partial charge in [0.15, 0.2) is 0 Å². The summed E-state index contributed by atoms with van der Waals surface area (Å²) in [5.41, 5.74) is 1.81. The molecule has 158 valence electrons. The zero-order chi connectivity index (χ0) is 20.9. The van der Waals surface area contributed by atoms with Crippen molar-refractivity contribution in [2.24, 2.45) is 5.92 Å². The van der Waals surface area contributed by atoms with Gasteiger partial charge in [-0.05, 0) is 37.0 Å². The number of hydrogen-bond donors (Lipinski definition) is 3. The summed E-state index contributed by atoms with van der Waals surface area (Å²) in [6.45, 7) is 5.93. The average Bonchev–Trinajstić information content (AvgIpc) is 3.27. The van der Waals surface area contributed by atoms with E-state index in [2.05, 4.69) is 44.3 Å². The highest BCUT2D eigenvalue weighted by Crippen LogP contribution is 2.25. The van der Waals surface area contributed by atoms with Crippen LogP contribution in [-0.2, 0) is 4.79 Å². The Morgan fingerprint density at radius 2 is 2.10 bits per heavy atom. The van der Waals surface area contributed by atoms with Crippen LogP contribution < -0.4 is 15.5 Å². The van der Waals surface area contributed by atoms with Crippen molar-refractivity contribution in [3.05, 3.63) is 48.9 Å². The van der Waals surface area contributed by atoms with Gasteiger partial charge in [0.1, 0.15) is 23.8 Å². The molecule has 1 aromatic carbocycles. The number of H-pyrrole nitrogens is 1. The van der Waals surface area contributed by atoms with Crippen LogP contribution in [0.25, 0.3) is 11.0 Å². The van der Waals surface area contributed by atoms with E-state index in [4.69, 9.17) is 0 Å². The van der Waals surface area contributed by atoms with Gasteiger partial charge >= 0.3 is 0 Å². The number of nitrogens with zero attached hydrogens (tertiary/aromatic N) is 3. The SMILES string of the molecule is CC[C@H](C)[C@@H](Nc1ccccc1)C(=O)N[C@@H]1CCCN(c2ncnc3[nH]ccc23)C1. The van der Waals surface area contributed by atoms with Gasteiger partial charge < -0.3 is 20.5 Å². The molecule has 3 atom stereocenters. The van der Waals surface area contributed by atoms with Crippen LogP contribution in [0.2, 0.25) is 0 Å². The molecular formula is C23H30N6O. The second kappa shape index (κ2) is 9.15. The largest absolute Gasteiger partial charge is 0.373 e. The normalized spacial score (nSPS) is 18.7. The molecule has 7 heteroatoms. The Balaban J connectivity index is 1.45. The molecule has 1 saturated heterocycles. The minimum absolute atomic E-state index is 0.0644. The Kier molecular flexibility index (Phi) is 6.16. The minimum atomic E-state index is -0.261.